The van der Waals surface area contributed by atoms with Crippen molar-refractivity contribution in [3.8, 4) is 5.75 Å². The van der Waals surface area contributed by atoms with Gasteiger partial charge in [-0.2, -0.15) is 4.31 Å². The number of nitrogens with one attached hydrogen (secondary N) is 2. The Balaban J connectivity index is 1.67. The number of ether oxygens (including phenoxy) is 2. The number of aryl methyl sites for hydroxylation is 1. The summed E-state index contributed by atoms with van der Waals surface area (Å²) < 4.78 is 36.3. The van der Waals surface area contributed by atoms with E-state index in [2.05, 4.69) is 15.4 Å². The first-order chi connectivity index (χ1) is 15.2. The third kappa shape index (κ3) is 5.42. The Kier molecular flexibility index (Phi) is 7.11. The number of nitrogens with zero attached hydrogens (tertiary/aromatic N) is 1. The number of hydrogen-bond donors (Lipinski definition) is 2. The van der Waals surface area contributed by atoms with Gasteiger partial charge in [-0.15, -0.1) is 0 Å². The molecule has 0 aliphatic carbocycles. The zero-order valence-electron chi connectivity index (χ0n) is 17.6. The number of rotatable bonds is 7. The second-order valence-corrected chi connectivity index (χ2v) is 8.95. The molecule has 0 saturated carbocycles. The number of benzene rings is 2. The number of hydrogen-bond acceptors (Lipinski definition) is 7. The summed E-state index contributed by atoms with van der Waals surface area (Å²) in [7, 11) is -2.56. The lowest BCUT2D eigenvalue weighted by atomic mass is 10.1. The summed E-state index contributed by atoms with van der Waals surface area (Å²) in [4.78, 5) is 35.3. The molecule has 2 aromatic carbocycles. The number of carbonyl (C=O) groups is 3. The van der Waals surface area contributed by atoms with Crippen molar-refractivity contribution in [1.29, 1.82) is 0 Å². The van der Waals surface area contributed by atoms with Crippen LogP contribution in [0, 0.1) is 6.92 Å². The normalized spacial score (nSPS) is 14.4. The number of amides is 2. The minimum absolute atomic E-state index is 0.00652. The Morgan fingerprint density at radius 3 is 2.50 bits per heavy atom. The van der Waals surface area contributed by atoms with Gasteiger partial charge in [-0.05, 0) is 55.0 Å². The molecule has 11 heteroatoms. The molecule has 0 bridgehead atoms. The Bertz CT molecular complexity index is 1130. The molecule has 1 heterocycles. The first kappa shape index (κ1) is 23.2. The van der Waals surface area contributed by atoms with Crippen molar-refractivity contribution in [3.63, 3.8) is 0 Å². The van der Waals surface area contributed by atoms with Gasteiger partial charge in [-0.25, -0.2) is 13.2 Å². The third-order valence-electron chi connectivity index (χ3n) is 4.79. The predicted molar refractivity (Wildman–Crippen MR) is 115 cm³/mol. The number of carbonyl (C=O) groups excluding carboxylic acids is 3. The Hall–Kier alpha value is -3.44. The molecule has 0 radical (unpaired) electrons. The number of piperazine rings is 1. The zero-order valence-corrected chi connectivity index (χ0v) is 18.4. The van der Waals surface area contributed by atoms with Crippen LogP contribution < -0.4 is 15.4 Å². The van der Waals surface area contributed by atoms with Gasteiger partial charge in [-0.1, -0.05) is 0 Å². The fraction of sp³-hybridized carbons (Fsp3) is 0.286. The molecular weight excluding hydrogens is 438 g/mol. The minimum Gasteiger partial charge on any atom is -0.482 e. The van der Waals surface area contributed by atoms with E-state index in [1.54, 1.807) is 25.1 Å². The predicted octanol–water partition coefficient (Wildman–Crippen LogP) is 0.920. The molecular formula is C21H23N3O7S. The van der Waals surface area contributed by atoms with E-state index in [4.69, 9.17) is 4.74 Å². The molecule has 170 valence electrons. The molecule has 2 N–H and O–H groups in total. The molecule has 1 aliphatic heterocycles. The van der Waals surface area contributed by atoms with Crippen molar-refractivity contribution in [3.05, 3.63) is 53.6 Å². The van der Waals surface area contributed by atoms with Crippen molar-refractivity contribution in [2.75, 3.05) is 38.7 Å². The highest BCUT2D eigenvalue weighted by Crippen LogP contribution is 2.23. The standard InChI is InChI=1S/C21H23N3O7S/c1-14-11-16(31-13-20(26)30-2)5-8-18(14)23-21(27)15-3-6-17(7-4-15)32(28,29)24-10-9-22-19(25)12-24/h3-8,11H,9-10,12-13H2,1-2H3,(H,22,25)(H,23,27). The van der Waals surface area contributed by atoms with Crippen LogP contribution in [0.5, 0.6) is 5.75 Å². The van der Waals surface area contributed by atoms with E-state index in [1.807, 2.05) is 0 Å². The summed E-state index contributed by atoms with van der Waals surface area (Å²) in [5.74, 6) is -0.827. The van der Waals surface area contributed by atoms with Gasteiger partial charge in [0, 0.05) is 24.3 Å². The number of anilines is 1. The van der Waals surface area contributed by atoms with Crippen LogP contribution in [-0.4, -0.2) is 63.9 Å². The average Bonchev–Trinajstić information content (AvgIpc) is 2.79. The highest BCUT2D eigenvalue weighted by atomic mass is 32.2. The molecule has 32 heavy (non-hydrogen) atoms. The fourth-order valence-electron chi connectivity index (χ4n) is 3.01. The summed E-state index contributed by atoms with van der Waals surface area (Å²) >= 11 is 0. The van der Waals surface area contributed by atoms with Crippen LogP contribution in [0.25, 0.3) is 0 Å². The number of sulfonamides is 1. The van der Waals surface area contributed by atoms with E-state index in [1.165, 1.54) is 31.4 Å². The fourth-order valence-corrected chi connectivity index (χ4v) is 4.41. The number of methoxy groups -OCH3 is 1. The van der Waals surface area contributed by atoms with Crippen LogP contribution in [0.15, 0.2) is 47.4 Å². The molecule has 10 nitrogen and oxygen atoms in total. The third-order valence-corrected chi connectivity index (χ3v) is 6.65. The Labute approximate surface area is 185 Å². The summed E-state index contributed by atoms with van der Waals surface area (Å²) in [5.41, 5.74) is 1.52. The Morgan fingerprint density at radius 2 is 1.88 bits per heavy atom. The van der Waals surface area contributed by atoms with Gasteiger partial charge < -0.3 is 20.1 Å². The van der Waals surface area contributed by atoms with Crippen LogP contribution >= 0.6 is 0 Å². The smallest absolute Gasteiger partial charge is 0.343 e. The van der Waals surface area contributed by atoms with Crippen molar-refractivity contribution >= 4 is 33.5 Å². The van der Waals surface area contributed by atoms with Crippen molar-refractivity contribution in [1.82, 2.24) is 9.62 Å². The van der Waals surface area contributed by atoms with E-state index in [0.29, 0.717) is 17.0 Å². The first-order valence-corrected chi connectivity index (χ1v) is 11.1. The molecule has 0 aromatic heterocycles. The minimum atomic E-state index is -3.83. The van der Waals surface area contributed by atoms with Gasteiger partial charge in [0.15, 0.2) is 6.61 Å². The summed E-state index contributed by atoms with van der Waals surface area (Å²) in [6, 6.07) is 10.4. The largest absolute Gasteiger partial charge is 0.482 e. The van der Waals surface area contributed by atoms with Crippen LogP contribution in [0.4, 0.5) is 5.69 Å². The van der Waals surface area contributed by atoms with Crippen LogP contribution in [0.3, 0.4) is 0 Å². The van der Waals surface area contributed by atoms with Crippen LogP contribution in [-0.2, 0) is 24.3 Å². The topological polar surface area (TPSA) is 131 Å². The molecule has 1 fully saturated rings. The molecule has 0 unspecified atom stereocenters. The molecule has 2 aromatic rings. The summed E-state index contributed by atoms with van der Waals surface area (Å²) in [6.45, 7) is 1.76. The first-order valence-electron chi connectivity index (χ1n) is 9.69. The summed E-state index contributed by atoms with van der Waals surface area (Å²) in [5, 5.41) is 5.34. The highest BCUT2D eigenvalue weighted by molar-refractivity contribution is 7.89. The molecule has 2 amide bonds. The second-order valence-electron chi connectivity index (χ2n) is 7.01. The molecule has 0 spiro atoms. The van der Waals surface area contributed by atoms with E-state index in [9.17, 15) is 22.8 Å². The van der Waals surface area contributed by atoms with E-state index in [-0.39, 0.29) is 42.6 Å². The lowest BCUT2D eigenvalue weighted by Crippen LogP contribution is -2.49. The lowest BCUT2D eigenvalue weighted by Gasteiger charge is -2.25. The van der Waals surface area contributed by atoms with E-state index >= 15 is 0 Å². The maximum atomic E-state index is 12.7. The molecule has 1 saturated heterocycles. The Morgan fingerprint density at radius 1 is 1.16 bits per heavy atom. The van der Waals surface area contributed by atoms with Crippen molar-refractivity contribution in [2.45, 2.75) is 11.8 Å². The zero-order chi connectivity index (χ0) is 23.3. The SMILES string of the molecule is COC(=O)COc1ccc(NC(=O)c2ccc(S(=O)(=O)N3CCNC(=O)C3)cc2)c(C)c1. The maximum absolute atomic E-state index is 12.7. The quantitative estimate of drug-likeness (QED) is 0.586. The van der Waals surface area contributed by atoms with E-state index < -0.39 is 21.9 Å². The van der Waals surface area contributed by atoms with Crippen LogP contribution in [0.2, 0.25) is 0 Å². The monoisotopic (exact) mass is 461 g/mol. The van der Waals surface area contributed by atoms with Crippen molar-refractivity contribution < 1.29 is 32.3 Å². The van der Waals surface area contributed by atoms with Gasteiger partial charge in [0.25, 0.3) is 5.91 Å². The van der Waals surface area contributed by atoms with Gasteiger partial charge in [0.1, 0.15) is 5.75 Å². The average molecular weight is 461 g/mol. The van der Waals surface area contributed by atoms with Crippen LogP contribution in [0.1, 0.15) is 15.9 Å². The summed E-state index contributed by atoms with van der Waals surface area (Å²) in [6.07, 6.45) is 0. The van der Waals surface area contributed by atoms with Gasteiger partial charge in [-0.3, -0.25) is 9.59 Å². The second kappa shape index (κ2) is 9.79. The highest BCUT2D eigenvalue weighted by Gasteiger charge is 2.29. The van der Waals surface area contributed by atoms with Gasteiger partial charge >= 0.3 is 5.97 Å². The van der Waals surface area contributed by atoms with Gasteiger partial charge in [0.2, 0.25) is 15.9 Å². The maximum Gasteiger partial charge on any atom is 0.343 e. The van der Waals surface area contributed by atoms with Crippen molar-refractivity contribution in [2.24, 2.45) is 0 Å². The van der Waals surface area contributed by atoms with Gasteiger partial charge in [0.05, 0.1) is 18.6 Å². The molecule has 3 rings (SSSR count). The van der Waals surface area contributed by atoms with E-state index in [0.717, 1.165) is 4.31 Å². The molecule has 1 aliphatic rings. The molecule has 0 atom stereocenters. The number of esters is 1. The lowest BCUT2D eigenvalue weighted by molar-refractivity contribution is -0.142.